The highest BCUT2D eigenvalue weighted by Gasteiger charge is 2.33. The Morgan fingerprint density at radius 3 is 2.36 bits per heavy atom. The van der Waals surface area contributed by atoms with Gasteiger partial charge in [-0.1, -0.05) is 58.2 Å². The van der Waals surface area contributed by atoms with Crippen LogP contribution in [0.3, 0.4) is 0 Å². The van der Waals surface area contributed by atoms with Crippen molar-refractivity contribution in [2.45, 2.75) is 71.8 Å². The van der Waals surface area contributed by atoms with Crippen molar-refractivity contribution in [1.29, 1.82) is 0 Å². The molecule has 1 aliphatic heterocycles. The second-order valence-electron chi connectivity index (χ2n) is 8.98. The Balaban J connectivity index is 2.02. The summed E-state index contributed by atoms with van der Waals surface area (Å²) in [6, 6.07) is -0.829. The first-order valence-electron chi connectivity index (χ1n) is 10.2. The molecule has 1 aliphatic carbocycles. The molecule has 1 atom stereocenters. The molecular formula is C20H34N4O3S. The molecular weight excluding hydrogens is 376 g/mol. The first-order valence-corrected chi connectivity index (χ1v) is 11.2. The number of hydrazone groups is 1. The summed E-state index contributed by atoms with van der Waals surface area (Å²) in [7, 11) is 1.89. The first kappa shape index (κ1) is 22.7. The van der Waals surface area contributed by atoms with Gasteiger partial charge in [0.05, 0.1) is 6.04 Å². The number of nitrogens with zero attached hydrogens (tertiary/aromatic N) is 2. The van der Waals surface area contributed by atoms with E-state index in [0.29, 0.717) is 11.6 Å². The fourth-order valence-electron chi connectivity index (χ4n) is 3.56. The summed E-state index contributed by atoms with van der Waals surface area (Å²) in [6.45, 7) is 6.84. The Labute approximate surface area is 172 Å². The number of Topliss-reactive ketones (excluding diaryl/α,β-unsaturated/α-hetero) is 1. The van der Waals surface area contributed by atoms with Crippen LogP contribution in [0.4, 0.5) is 0 Å². The number of rotatable bonds is 6. The molecule has 0 bridgehead atoms. The number of hydrogen-bond donors (Lipinski definition) is 2. The Morgan fingerprint density at radius 1 is 1.18 bits per heavy atom. The Bertz CT molecular complexity index is 607. The van der Waals surface area contributed by atoms with Crippen molar-refractivity contribution in [3.63, 3.8) is 0 Å². The smallest absolute Gasteiger partial charge is 0.309 e. The van der Waals surface area contributed by atoms with Gasteiger partial charge in [0.1, 0.15) is 0 Å². The van der Waals surface area contributed by atoms with Gasteiger partial charge >= 0.3 is 5.91 Å². The molecule has 0 spiro atoms. The molecule has 2 rings (SSSR count). The van der Waals surface area contributed by atoms with Crippen LogP contribution in [-0.2, 0) is 14.4 Å². The molecule has 1 saturated carbocycles. The number of thioether (sulfide) groups is 1. The van der Waals surface area contributed by atoms with E-state index >= 15 is 0 Å². The normalized spacial score (nSPS) is 21.3. The van der Waals surface area contributed by atoms with Crippen molar-refractivity contribution in [2.75, 3.05) is 19.3 Å². The zero-order chi connectivity index (χ0) is 20.7. The maximum absolute atomic E-state index is 12.8. The molecule has 2 aliphatic rings. The van der Waals surface area contributed by atoms with Gasteiger partial charge in [-0.05, 0) is 24.7 Å². The Kier molecular flexibility index (Phi) is 8.34. The lowest BCUT2D eigenvalue weighted by atomic mass is 9.86. The van der Waals surface area contributed by atoms with Crippen LogP contribution in [0.1, 0.15) is 65.7 Å². The molecule has 2 fully saturated rings. The molecule has 1 heterocycles. The highest BCUT2D eigenvalue weighted by atomic mass is 32.2. The Hall–Kier alpha value is -1.57. The summed E-state index contributed by atoms with van der Waals surface area (Å²) >= 11 is 1.53. The molecule has 0 aromatic carbocycles. The van der Waals surface area contributed by atoms with Crippen LogP contribution in [0.15, 0.2) is 5.10 Å². The molecule has 158 valence electrons. The second-order valence-corrected chi connectivity index (χ2v) is 10.0. The average Bonchev–Trinajstić information content (AvgIpc) is 2.85. The molecule has 1 saturated heterocycles. The molecule has 0 aromatic heterocycles. The van der Waals surface area contributed by atoms with E-state index in [4.69, 9.17) is 0 Å². The van der Waals surface area contributed by atoms with E-state index in [1.807, 2.05) is 32.7 Å². The third-order valence-electron chi connectivity index (χ3n) is 5.14. The number of hydrogen-bond acceptors (Lipinski definition) is 5. The zero-order valence-electron chi connectivity index (χ0n) is 17.5. The van der Waals surface area contributed by atoms with Crippen LogP contribution in [0.2, 0.25) is 0 Å². The average molecular weight is 411 g/mol. The Morgan fingerprint density at radius 2 is 1.82 bits per heavy atom. The minimum absolute atomic E-state index is 0.0652. The van der Waals surface area contributed by atoms with Gasteiger partial charge in [-0.3, -0.25) is 14.4 Å². The maximum Gasteiger partial charge on any atom is 0.309 e. The van der Waals surface area contributed by atoms with E-state index in [1.54, 1.807) is 0 Å². The molecule has 2 amide bonds. The third-order valence-corrected chi connectivity index (χ3v) is 6.18. The van der Waals surface area contributed by atoms with Crippen molar-refractivity contribution in [3.05, 3.63) is 0 Å². The highest BCUT2D eigenvalue weighted by Crippen LogP contribution is 2.25. The molecule has 0 aromatic rings. The van der Waals surface area contributed by atoms with Crippen LogP contribution in [-0.4, -0.2) is 53.1 Å². The summed E-state index contributed by atoms with van der Waals surface area (Å²) < 4.78 is 0. The minimum Gasteiger partial charge on any atom is -0.352 e. The van der Waals surface area contributed by atoms with Crippen molar-refractivity contribution >= 4 is 34.5 Å². The lowest BCUT2D eigenvalue weighted by molar-refractivity contribution is -0.141. The fraction of sp³-hybridized carbons (Fsp3) is 0.800. The summed E-state index contributed by atoms with van der Waals surface area (Å²) in [5.74, 6) is -0.668. The molecule has 0 unspecified atom stereocenters. The van der Waals surface area contributed by atoms with E-state index < -0.39 is 17.7 Å². The number of carbonyl (C=O) groups is 3. The van der Waals surface area contributed by atoms with E-state index in [2.05, 4.69) is 15.8 Å². The monoisotopic (exact) mass is 410 g/mol. The van der Waals surface area contributed by atoms with Crippen LogP contribution in [0.5, 0.6) is 0 Å². The highest BCUT2D eigenvalue weighted by molar-refractivity contribution is 8.14. The van der Waals surface area contributed by atoms with Crippen molar-refractivity contribution in [2.24, 2.45) is 16.4 Å². The molecule has 7 nitrogen and oxygen atoms in total. The van der Waals surface area contributed by atoms with Crippen molar-refractivity contribution < 1.29 is 14.4 Å². The van der Waals surface area contributed by atoms with Gasteiger partial charge in [-0.15, -0.1) is 5.10 Å². The number of nitrogens with one attached hydrogen (secondary N) is 2. The lowest BCUT2D eigenvalue weighted by Gasteiger charge is -2.27. The van der Waals surface area contributed by atoms with Crippen LogP contribution < -0.4 is 10.7 Å². The van der Waals surface area contributed by atoms with E-state index in [9.17, 15) is 14.4 Å². The van der Waals surface area contributed by atoms with Crippen molar-refractivity contribution in [1.82, 2.24) is 15.6 Å². The summed E-state index contributed by atoms with van der Waals surface area (Å²) in [5.41, 5.74) is 2.17. The van der Waals surface area contributed by atoms with Crippen LogP contribution in [0.25, 0.3) is 0 Å². The predicted molar refractivity (Wildman–Crippen MR) is 113 cm³/mol. The van der Waals surface area contributed by atoms with Gasteiger partial charge in [0.2, 0.25) is 11.7 Å². The lowest BCUT2D eigenvalue weighted by Crippen LogP contribution is -2.50. The fourth-order valence-corrected chi connectivity index (χ4v) is 4.53. The number of ketones is 1. The van der Waals surface area contributed by atoms with Gasteiger partial charge < -0.3 is 10.2 Å². The first-order chi connectivity index (χ1) is 13.2. The van der Waals surface area contributed by atoms with E-state index in [0.717, 1.165) is 50.8 Å². The predicted octanol–water partition coefficient (Wildman–Crippen LogP) is 2.51. The van der Waals surface area contributed by atoms with Gasteiger partial charge in [-0.25, -0.2) is 5.43 Å². The van der Waals surface area contributed by atoms with Crippen molar-refractivity contribution in [3.8, 4) is 0 Å². The standard InChI is InChI=1S/C20H34N4O3S/c1-20(2,3)13-15(21-17(26)14-9-7-5-6-8-10-14)16(25)18(27)22-23-19-24(4)11-12-28-19/h14-15H,5-13H2,1-4H3,(H,21,26)(H,22,27)/t15-/m0/s1. The SMILES string of the molecule is CN1CCSC1=NNC(=O)C(=O)[C@H](CC(C)(C)C)NC(=O)C1CCCCCC1. The zero-order valence-corrected chi connectivity index (χ0v) is 18.4. The number of amides is 2. The largest absolute Gasteiger partial charge is 0.352 e. The quantitative estimate of drug-likeness (QED) is 0.399. The topological polar surface area (TPSA) is 90.9 Å². The van der Waals surface area contributed by atoms with E-state index in [-0.39, 0.29) is 17.2 Å². The van der Waals surface area contributed by atoms with Gasteiger partial charge in [-0.2, -0.15) is 0 Å². The van der Waals surface area contributed by atoms with Crippen LogP contribution in [0, 0.1) is 11.3 Å². The van der Waals surface area contributed by atoms with E-state index in [1.165, 1.54) is 11.8 Å². The molecule has 2 N–H and O–H groups in total. The third kappa shape index (κ3) is 7.11. The summed E-state index contributed by atoms with van der Waals surface area (Å²) in [4.78, 5) is 39.9. The summed E-state index contributed by atoms with van der Waals surface area (Å²) in [6.07, 6.45) is 6.51. The second kappa shape index (κ2) is 10.3. The minimum atomic E-state index is -0.829. The summed E-state index contributed by atoms with van der Waals surface area (Å²) in [5, 5.41) is 7.62. The number of amidine groups is 1. The number of carbonyl (C=O) groups excluding carboxylic acids is 3. The van der Waals surface area contributed by atoms with Gasteiger partial charge in [0, 0.05) is 25.3 Å². The van der Waals surface area contributed by atoms with Gasteiger partial charge in [0.15, 0.2) is 5.17 Å². The molecule has 8 heteroatoms. The molecule has 0 radical (unpaired) electrons. The molecule has 28 heavy (non-hydrogen) atoms. The van der Waals surface area contributed by atoms with Crippen LogP contribution >= 0.6 is 11.8 Å². The maximum atomic E-state index is 12.8. The van der Waals surface area contributed by atoms with Gasteiger partial charge in [0.25, 0.3) is 0 Å².